The summed E-state index contributed by atoms with van der Waals surface area (Å²) in [5.74, 6) is 1.23. The van der Waals surface area contributed by atoms with Crippen molar-refractivity contribution in [3.63, 3.8) is 0 Å². The molecule has 0 radical (unpaired) electrons. The first kappa shape index (κ1) is 12.0. The Hall–Kier alpha value is -1.51. The number of ether oxygens (including phenoxy) is 1. The molecule has 0 unspecified atom stereocenters. The summed E-state index contributed by atoms with van der Waals surface area (Å²) in [6.45, 7) is 1.92. The number of rotatable bonds is 3. The number of hydrogen-bond acceptors (Lipinski definition) is 2. The van der Waals surface area contributed by atoms with Gasteiger partial charge in [-0.3, -0.25) is 0 Å². The monoisotopic (exact) mass is 248 g/mol. The van der Waals surface area contributed by atoms with Crippen molar-refractivity contribution in [2.24, 2.45) is 0 Å². The van der Waals surface area contributed by atoms with E-state index in [-0.39, 0.29) is 6.61 Å². The van der Waals surface area contributed by atoms with Crippen LogP contribution in [-0.4, -0.2) is 5.11 Å². The molecule has 0 bridgehead atoms. The molecule has 0 aliphatic carbocycles. The Bertz CT molecular complexity index is 523. The van der Waals surface area contributed by atoms with Crippen molar-refractivity contribution in [1.82, 2.24) is 0 Å². The number of aliphatic hydroxyl groups is 1. The van der Waals surface area contributed by atoms with Crippen LogP contribution in [0.15, 0.2) is 42.5 Å². The van der Waals surface area contributed by atoms with Crippen LogP contribution in [0.2, 0.25) is 5.02 Å². The second-order valence-corrected chi connectivity index (χ2v) is 4.21. The third-order valence-electron chi connectivity index (χ3n) is 2.45. The van der Waals surface area contributed by atoms with Crippen LogP contribution in [0.5, 0.6) is 11.5 Å². The highest BCUT2D eigenvalue weighted by Crippen LogP contribution is 2.31. The van der Waals surface area contributed by atoms with Gasteiger partial charge in [0.1, 0.15) is 11.5 Å². The van der Waals surface area contributed by atoms with Crippen LogP contribution >= 0.6 is 11.6 Å². The fourth-order valence-corrected chi connectivity index (χ4v) is 1.70. The predicted molar refractivity (Wildman–Crippen MR) is 68.6 cm³/mol. The maximum atomic E-state index is 9.21. The summed E-state index contributed by atoms with van der Waals surface area (Å²) in [6.07, 6.45) is 0. The van der Waals surface area contributed by atoms with Crippen molar-refractivity contribution in [3.8, 4) is 11.5 Å². The molecule has 0 fully saturated rings. The number of aliphatic hydroxyl groups excluding tert-OH is 1. The minimum atomic E-state index is -0.0559. The van der Waals surface area contributed by atoms with E-state index in [1.807, 2.05) is 43.3 Å². The van der Waals surface area contributed by atoms with Gasteiger partial charge in [0.05, 0.1) is 11.6 Å². The highest BCUT2D eigenvalue weighted by Gasteiger charge is 2.06. The molecule has 0 atom stereocenters. The lowest BCUT2D eigenvalue weighted by atomic mass is 10.2. The summed E-state index contributed by atoms with van der Waals surface area (Å²) >= 11 is 6.05. The number of benzene rings is 2. The SMILES string of the molecule is Cc1ccc(Cl)c(Oc2ccccc2CO)c1. The number of aryl methyl sites for hydroxylation is 1. The van der Waals surface area contributed by atoms with Crippen LogP contribution in [0.3, 0.4) is 0 Å². The van der Waals surface area contributed by atoms with Gasteiger partial charge >= 0.3 is 0 Å². The Labute approximate surface area is 105 Å². The van der Waals surface area contributed by atoms with E-state index in [0.29, 0.717) is 16.5 Å². The number of para-hydroxylation sites is 1. The van der Waals surface area contributed by atoms with Gasteiger partial charge in [0, 0.05) is 5.56 Å². The van der Waals surface area contributed by atoms with Crippen LogP contribution < -0.4 is 4.74 Å². The second kappa shape index (κ2) is 5.21. The van der Waals surface area contributed by atoms with E-state index in [2.05, 4.69) is 0 Å². The van der Waals surface area contributed by atoms with Crippen molar-refractivity contribution < 1.29 is 9.84 Å². The Morgan fingerprint density at radius 1 is 1.12 bits per heavy atom. The van der Waals surface area contributed by atoms with Crippen LogP contribution in [0.1, 0.15) is 11.1 Å². The largest absolute Gasteiger partial charge is 0.455 e. The molecule has 2 aromatic rings. The molecule has 0 saturated carbocycles. The molecule has 0 heterocycles. The highest BCUT2D eigenvalue weighted by atomic mass is 35.5. The molecular weight excluding hydrogens is 236 g/mol. The molecule has 2 nitrogen and oxygen atoms in total. The highest BCUT2D eigenvalue weighted by molar-refractivity contribution is 6.32. The van der Waals surface area contributed by atoms with Gasteiger partial charge < -0.3 is 9.84 Å². The molecule has 0 amide bonds. The Kier molecular flexibility index (Phi) is 3.67. The molecule has 17 heavy (non-hydrogen) atoms. The summed E-state index contributed by atoms with van der Waals surface area (Å²) < 4.78 is 5.72. The van der Waals surface area contributed by atoms with Crippen LogP contribution in [0, 0.1) is 6.92 Å². The molecule has 0 saturated heterocycles. The van der Waals surface area contributed by atoms with Gasteiger partial charge in [-0.05, 0) is 30.7 Å². The number of hydrogen-bond donors (Lipinski definition) is 1. The third kappa shape index (κ3) is 2.78. The molecule has 0 spiro atoms. The van der Waals surface area contributed by atoms with E-state index in [1.165, 1.54) is 0 Å². The third-order valence-corrected chi connectivity index (χ3v) is 2.76. The smallest absolute Gasteiger partial charge is 0.146 e. The second-order valence-electron chi connectivity index (χ2n) is 3.80. The van der Waals surface area contributed by atoms with E-state index in [1.54, 1.807) is 6.07 Å². The quantitative estimate of drug-likeness (QED) is 0.892. The standard InChI is InChI=1S/C14H13ClO2/c1-10-6-7-12(15)14(8-10)17-13-5-3-2-4-11(13)9-16/h2-8,16H,9H2,1H3. The number of halogens is 1. The van der Waals surface area contributed by atoms with Crippen LogP contribution in [0.25, 0.3) is 0 Å². The molecule has 2 aromatic carbocycles. The van der Waals surface area contributed by atoms with Gasteiger partial charge in [-0.2, -0.15) is 0 Å². The Balaban J connectivity index is 2.34. The molecule has 0 aliphatic heterocycles. The molecule has 3 heteroatoms. The van der Waals surface area contributed by atoms with Gasteiger partial charge in [-0.1, -0.05) is 35.9 Å². The minimum Gasteiger partial charge on any atom is -0.455 e. The van der Waals surface area contributed by atoms with E-state index >= 15 is 0 Å². The first-order chi connectivity index (χ1) is 8.20. The normalized spacial score (nSPS) is 10.3. The predicted octanol–water partition coefficient (Wildman–Crippen LogP) is 3.93. The zero-order valence-corrected chi connectivity index (χ0v) is 10.2. The Morgan fingerprint density at radius 2 is 1.88 bits per heavy atom. The zero-order chi connectivity index (χ0) is 12.3. The zero-order valence-electron chi connectivity index (χ0n) is 9.48. The van der Waals surface area contributed by atoms with Gasteiger partial charge in [-0.15, -0.1) is 0 Å². The Morgan fingerprint density at radius 3 is 2.65 bits per heavy atom. The topological polar surface area (TPSA) is 29.5 Å². The molecule has 0 aromatic heterocycles. The maximum Gasteiger partial charge on any atom is 0.146 e. The van der Waals surface area contributed by atoms with Crippen molar-refractivity contribution in [2.75, 3.05) is 0 Å². The van der Waals surface area contributed by atoms with Gasteiger partial charge in [-0.25, -0.2) is 0 Å². The summed E-state index contributed by atoms with van der Waals surface area (Å²) in [5, 5.41) is 9.77. The molecule has 2 rings (SSSR count). The van der Waals surface area contributed by atoms with Crippen molar-refractivity contribution in [2.45, 2.75) is 13.5 Å². The summed E-state index contributed by atoms with van der Waals surface area (Å²) in [6, 6.07) is 12.9. The van der Waals surface area contributed by atoms with Crippen LogP contribution in [-0.2, 0) is 6.61 Å². The van der Waals surface area contributed by atoms with Crippen molar-refractivity contribution >= 4 is 11.6 Å². The minimum absolute atomic E-state index is 0.0559. The maximum absolute atomic E-state index is 9.21. The summed E-state index contributed by atoms with van der Waals surface area (Å²) in [4.78, 5) is 0. The van der Waals surface area contributed by atoms with E-state index < -0.39 is 0 Å². The average Bonchev–Trinajstić information content (AvgIpc) is 2.34. The first-order valence-electron chi connectivity index (χ1n) is 5.33. The van der Waals surface area contributed by atoms with Gasteiger partial charge in [0.2, 0.25) is 0 Å². The lowest BCUT2D eigenvalue weighted by molar-refractivity contribution is 0.276. The summed E-state index contributed by atoms with van der Waals surface area (Å²) in [7, 11) is 0. The fraction of sp³-hybridized carbons (Fsp3) is 0.143. The van der Waals surface area contributed by atoms with E-state index in [9.17, 15) is 5.11 Å². The molecular formula is C14H13ClO2. The van der Waals surface area contributed by atoms with Gasteiger partial charge in [0.25, 0.3) is 0 Å². The fourth-order valence-electron chi connectivity index (χ4n) is 1.54. The van der Waals surface area contributed by atoms with E-state index in [0.717, 1.165) is 11.1 Å². The lowest BCUT2D eigenvalue weighted by Crippen LogP contribution is -1.92. The molecule has 88 valence electrons. The molecule has 0 aliphatic rings. The van der Waals surface area contributed by atoms with Crippen molar-refractivity contribution in [3.05, 3.63) is 58.6 Å². The van der Waals surface area contributed by atoms with Gasteiger partial charge in [0.15, 0.2) is 0 Å². The molecule has 1 N–H and O–H groups in total. The lowest BCUT2D eigenvalue weighted by Gasteiger charge is -2.11. The first-order valence-corrected chi connectivity index (χ1v) is 5.71. The van der Waals surface area contributed by atoms with Crippen LogP contribution in [0.4, 0.5) is 0 Å². The average molecular weight is 249 g/mol. The summed E-state index contributed by atoms with van der Waals surface area (Å²) in [5.41, 5.74) is 1.82. The van der Waals surface area contributed by atoms with E-state index in [4.69, 9.17) is 16.3 Å². The van der Waals surface area contributed by atoms with Crippen molar-refractivity contribution in [1.29, 1.82) is 0 Å².